The Morgan fingerprint density at radius 1 is 0.407 bits per heavy atom. The summed E-state index contributed by atoms with van der Waals surface area (Å²) in [5.74, 6) is 2.53. The van der Waals surface area contributed by atoms with Crippen LogP contribution in [0.25, 0.3) is 100 Å². The van der Waals surface area contributed by atoms with Crippen LogP contribution in [-0.4, -0.2) is 29.1 Å². The number of fused-ring (bicyclic) bond motifs is 7. The Kier molecular flexibility index (Phi) is 6.89. The van der Waals surface area contributed by atoms with Crippen molar-refractivity contribution in [2.75, 3.05) is 0 Å². The second-order valence-corrected chi connectivity index (χ2v) is 13.8. The van der Waals surface area contributed by atoms with E-state index in [2.05, 4.69) is 137 Å². The van der Waals surface area contributed by atoms with Gasteiger partial charge in [0.05, 0.1) is 22.1 Å². The summed E-state index contributed by atoms with van der Waals surface area (Å²) in [5.41, 5.74) is 8.30. The van der Waals surface area contributed by atoms with E-state index in [1.807, 2.05) is 42.5 Å². The summed E-state index contributed by atoms with van der Waals surface area (Å²) in [6, 6.07) is 52.9. The topological polar surface area (TPSA) is 61.4 Å². The first-order valence-electron chi connectivity index (χ1n) is 18.4. The zero-order chi connectivity index (χ0) is 35.6. The van der Waals surface area contributed by atoms with Gasteiger partial charge in [-0.25, -0.2) is 19.9 Å². The fourth-order valence-electron chi connectivity index (χ4n) is 8.06. The molecule has 1 aliphatic carbocycles. The van der Waals surface area contributed by atoms with Crippen LogP contribution in [0.4, 0.5) is 0 Å². The van der Waals surface area contributed by atoms with E-state index in [-0.39, 0.29) is 0 Å². The third-order valence-corrected chi connectivity index (χ3v) is 10.6. The first-order valence-corrected chi connectivity index (χ1v) is 18.4. The molecular formula is C48H32N6. The van der Waals surface area contributed by atoms with Crippen LogP contribution in [0.5, 0.6) is 0 Å². The molecule has 54 heavy (non-hydrogen) atoms. The van der Waals surface area contributed by atoms with Crippen molar-refractivity contribution >= 4 is 60.1 Å². The van der Waals surface area contributed by atoms with Gasteiger partial charge in [-0.3, -0.25) is 4.57 Å². The van der Waals surface area contributed by atoms with Crippen molar-refractivity contribution in [2.24, 2.45) is 0 Å². The van der Waals surface area contributed by atoms with Crippen molar-refractivity contribution in [2.45, 2.75) is 12.8 Å². The molecule has 0 atom stereocenters. The number of pyridine rings is 1. The normalized spacial score (nSPS) is 13.1. The van der Waals surface area contributed by atoms with Crippen LogP contribution in [0.1, 0.15) is 12.8 Å². The van der Waals surface area contributed by atoms with Gasteiger partial charge in [0.1, 0.15) is 11.5 Å². The Bertz CT molecular complexity index is 3170. The Morgan fingerprint density at radius 3 is 1.85 bits per heavy atom. The Balaban J connectivity index is 1.13. The van der Waals surface area contributed by atoms with Crippen LogP contribution >= 0.6 is 0 Å². The predicted octanol–water partition coefficient (Wildman–Crippen LogP) is 11.8. The molecule has 10 aromatic rings. The van der Waals surface area contributed by atoms with Crippen LogP contribution < -0.4 is 0 Å². The van der Waals surface area contributed by atoms with Gasteiger partial charge >= 0.3 is 0 Å². The summed E-state index contributed by atoms with van der Waals surface area (Å²) in [6.07, 6.45) is 8.98. The standard InChI is InChI=1S/C48H32N6/c1-3-15-32(16-4-1)46-50-47(34-27-26-31-14-7-8-17-33(31)28-34)52-48(51-46)40-22-13-25-45(49-40)54-42-24-12-10-21-37(42)39-29-38-36-20-9-11-23-41(36)53(43(38)30-44(39)54)35-18-5-2-6-19-35/h1,3-5,7-30H,2,6H2. The van der Waals surface area contributed by atoms with Gasteiger partial charge in [0, 0.05) is 38.4 Å². The van der Waals surface area contributed by atoms with Crippen LogP contribution in [0.2, 0.25) is 0 Å². The maximum Gasteiger partial charge on any atom is 0.182 e. The summed E-state index contributed by atoms with van der Waals surface area (Å²) < 4.78 is 4.69. The lowest BCUT2D eigenvalue weighted by molar-refractivity contribution is 1.02. The van der Waals surface area contributed by atoms with Crippen LogP contribution in [-0.2, 0) is 0 Å². The van der Waals surface area contributed by atoms with E-state index in [1.54, 1.807) is 0 Å². The molecule has 11 rings (SSSR count). The molecule has 0 aliphatic heterocycles. The minimum atomic E-state index is 0.521. The average Bonchev–Trinajstić information content (AvgIpc) is 3.75. The smallest absolute Gasteiger partial charge is 0.182 e. The highest BCUT2D eigenvalue weighted by molar-refractivity contribution is 6.19. The molecule has 0 fully saturated rings. The molecule has 6 aromatic carbocycles. The number of para-hydroxylation sites is 2. The Hall–Kier alpha value is -7.18. The highest BCUT2D eigenvalue weighted by Crippen LogP contribution is 2.40. The zero-order valence-corrected chi connectivity index (χ0v) is 29.3. The quantitative estimate of drug-likeness (QED) is 0.180. The fraction of sp³-hybridized carbons (Fsp3) is 0.0417. The van der Waals surface area contributed by atoms with Crippen molar-refractivity contribution in [1.29, 1.82) is 0 Å². The molecule has 254 valence electrons. The van der Waals surface area contributed by atoms with Crippen molar-refractivity contribution < 1.29 is 0 Å². The van der Waals surface area contributed by atoms with E-state index in [0.29, 0.717) is 23.2 Å². The van der Waals surface area contributed by atoms with Crippen LogP contribution in [0.3, 0.4) is 0 Å². The molecule has 0 saturated carbocycles. The maximum atomic E-state index is 5.32. The molecule has 4 aromatic heterocycles. The third-order valence-electron chi connectivity index (χ3n) is 10.6. The van der Waals surface area contributed by atoms with Crippen molar-refractivity contribution in [3.05, 3.63) is 170 Å². The third kappa shape index (κ3) is 4.88. The lowest BCUT2D eigenvalue weighted by Crippen LogP contribution is -2.03. The minimum Gasteiger partial charge on any atom is -0.310 e. The molecule has 6 heteroatoms. The number of hydrogen-bond acceptors (Lipinski definition) is 4. The summed E-state index contributed by atoms with van der Waals surface area (Å²) in [6.45, 7) is 0. The number of benzene rings is 6. The number of hydrogen-bond donors (Lipinski definition) is 0. The zero-order valence-electron chi connectivity index (χ0n) is 29.3. The molecule has 1 aliphatic rings. The monoisotopic (exact) mass is 692 g/mol. The maximum absolute atomic E-state index is 5.32. The van der Waals surface area contributed by atoms with Gasteiger partial charge in [-0.15, -0.1) is 0 Å². The number of allylic oxidation sites excluding steroid dienone is 4. The molecule has 4 heterocycles. The SMILES string of the molecule is C1=CC(n2c3ccccc3c3cc4c5ccccc5n(-c5cccc(-c6nc(-c7ccccc7)nc(-c7ccc8ccccc8c7)n6)n5)c4cc32)=CCC1. The summed E-state index contributed by atoms with van der Waals surface area (Å²) in [4.78, 5) is 20.4. The van der Waals surface area contributed by atoms with E-state index in [4.69, 9.17) is 19.9 Å². The second-order valence-electron chi connectivity index (χ2n) is 13.8. The van der Waals surface area contributed by atoms with Gasteiger partial charge in [-0.05, 0) is 72.2 Å². The van der Waals surface area contributed by atoms with Gasteiger partial charge in [-0.1, -0.05) is 121 Å². The first kappa shape index (κ1) is 30.4. The number of aromatic nitrogens is 6. The number of nitrogens with zero attached hydrogens (tertiary/aromatic N) is 6. The van der Waals surface area contributed by atoms with Gasteiger partial charge in [0.2, 0.25) is 0 Å². The summed E-state index contributed by atoms with van der Waals surface area (Å²) in [7, 11) is 0. The van der Waals surface area contributed by atoms with Crippen molar-refractivity contribution in [3.8, 4) is 40.1 Å². The van der Waals surface area contributed by atoms with E-state index < -0.39 is 0 Å². The minimum absolute atomic E-state index is 0.521. The van der Waals surface area contributed by atoms with E-state index in [1.165, 1.54) is 43.7 Å². The van der Waals surface area contributed by atoms with Gasteiger partial charge in [0.15, 0.2) is 17.5 Å². The van der Waals surface area contributed by atoms with Crippen LogP contribution in [0, 0.1) is 0 Å². The molecule has 0 radical (unpaired) electrons. The average molecular weight is 693 g/mol. The highest BCUT2D eigenvalue weighted by Gasteiger charge is 2.20. The largest absolute Gasteiger partial charge is 0.310 e. The second kappa shape index (κ2) is 12.2. The molecule has 0 saturated heterocycles. The first-order chi connectivity index (χ1) is 26.8. The fourth-order valence-corrected chi connectivity index (χ4v) is 8.06. The molecule has 0 N–H and O–H groups in total. The van der Waals surface area contributed by atoms with E-state index >= 15 is 0 Å². The molecule has 0 unspecified atom stereocenters. The van der Waals surface area contributed by atoms with Gasteiger partial charge in [-0.2, -0.15) is 0 Å². The van der Waals surface area contributed by atoms with Gasteiger partial charge in [0.25, 0.3) is 0 Å². The highest BCUT2D eigenvalue weighted by atomic mass is 15.1. The summed E-state index contributed by atoms with van der Waals surface area (Å²) >= 11 is 0. The lowest BCUT2D eigenvalue weighted by Gasteiger charge is -2.13. The molecule has 0 bridgehead atoms. The number of rotatable bonds is 5. The lowest BCUT2D eigenvalue weighted by atomic mass is 10.1. The Morgan fingerprint density at radius 2 is 1.07 bits per heavy atom. The molecular weight excluding hydrogens is 661 g/mol. The van der Waals surface area contributed by atoms with E-state index in [9.17, 15) is 0 Å². The van der Waals surface area contributed by atoms with Crippen molar-refractivity contribution in [1.82, 2.24) is 29.1 Å². The Labute approximate surface area is 311 Å². The van der Waals surface area contributed by atoms with Crippen LogP contribution in [0.15, 0.2) is 170 Å². The summed E-state index contributed by atoms with van der Waals surface area (Å²) in [5, 5.41) is 7.16. The molecule has 0 spiro atoms. The predicted molar refractivity (Wildman–Crippen MR) is 221 cm³/mol. The molecule has 0 amide bonds. The van der Waals surface area contributed by atoms with Gasteiger partial charge < -0.3 is 4.57 Å². The van der Waals surface area contributed by atoms with Crippen molar-refractivity contribution in [3.63, 3.8) is 0 Å². The van der Waals surface area contributed by atoms with E-state index in [0.717, 1.165) is 46.2 Å². The molecule has 6 nitrogen and oxygen atoms in total.